The van der Waals surface area contributed by atoms with Crippen LogP contribution in [0.4, 0.5) is 0 Å². The maximum absolute atomic E-state index is 14.5. The summed E-state index contributed by atoms with van der Waals surface area (Å²) >= 11 is 0. The average Bonchev–Trinajstić information content (AvgIpc) is 3.90. The number of hydrogen-bond acceptors (Lipinski definition) is 10. The first-order valence-corrected chi connectivity index (χ1v) is 22.9. The van der Waals surface area contributed by atoms with Crippen LogP contribution in [0.15, 0.2) is 48.5 Å². The Balaban J connectivity index is 1.28. The van der Waals surface area contributed by atoms with Gasteiger partial charge < -0.3 is 52.8 Å². The van der Waals surface area contributed by atoms with E-state index in [0.29, 0.717) is 0 Å². The predicted molar refractivity (Wildman–Crippen MR) is 248 cm³/mol. The SMILES string of the molecule is CN[C@@H](C)C(=O)N[C@H](C(=O)N1C[C@@H](NC(=O)c2ccc(C(=O)N[C@H]3C[C@@H](C(=O)NC4CCCc5ccccc54)N(C(=O)[C@@H](NC(=O)[C@H](C)NC)C(C)(C)C)C3)cc2)C[C@H]1C(N)=O)C(C)(C)C. The minimum absolute atomic E-state index is 0.0135. The Labute approximate surface area is 388 Å². The fraction of sp³-hybridized carbons (Fsp3) is 0.583. The van der Waals surface area contributed by atoms with Crippen LogP contribution in [0.3, 0.4) is 0 Å². The Morgan fingerprint density at radius 2 is 1.08 bits per heavy atom. The van der Waals surface area contributed by atoms with Crippen LogP contribution in [-0.4, -0.2) is 133 Å². The number of carbonyl (C=O) groups is 8. The summed E-state index contributed by atoms with van der Waals surface area (Å²) in [6.45, 7) is 14.3. The number of primary amides is 1. The van der Waals surface area contributed by atoms with Gasteiger partial charge in [0.2, 0.25) is 35.4 Å². The summed E-state index contributed by atoms with van der Waals surface area (Å²) in [7, 11) is 3.28. The fourth-order valence-electron chi connectivity index (χ4n) is 8.79. The molecule has 2 aromatic carbocycles. The third-order valence-electron chi connectivity index (χ3n) is 13.0. The molecule has 0 radical (unpaired) electrons. The molecule has 0 saturated carbocycles. The van der Waals surface area contributed by atoms with Crippen molar-refractivity contribution in [2.24, 2.45) is 16.6 Å². The van der Waals surface area contributed by atoms with Crippen molar-refractivity contribution in [3.63, 3.8) is 0 Å². The van der Waals surface area contributed by atoms with Gasteiger partial charge in [-0.15, -0.1) is 0 Å². The molecule has 2 aromatic rings. The summed E-state index contributed by atoms with van der Waals surface area (Å²) in [4.78, 5) is 111. The lowest BCUT2D eigenvalue weighted by Gasteiger charge is -2.36. The minimum atomic E-state index is -1.02. The highest BCUT2D eigenvalue weighted by Gasteiger charge is 2.47. The molecule has 1 aliphatic carbocycles. The van der Waals surface area contributed by atoms with Crippen LogP contribution >= 0.6 is 0 Å². The molecule has 9 atom stereocenters. The van der Waals surface area contributed by atoms with E-state index in [1.165, 1.54) is 34.1 Å². The summed E-state index contributed by atoms with van der Waals surface area (Å²) in [5, 5.41) is 20.5. The highest BCUT2D eigenvalue weighted by Crippen LogP contribution is 2.32. The number of nitrogens with zero attached hydrogens (tertiary/aromatic N) is 2. The summed E-state index contributed by atoms with van der Waals surface area (Å²) in [6, 6.07) is 7.33. The average molecular weight is 915 g/mol. The number of benzene rings is 2. The Kier molecular flexibility index (Phi) is 16.4. The topological polar surface area (TPSA) is 253 Å². The molecule has 18 heteroatoms. The van der Waals surface area contributed by atoms with Crippen LogP contribution in [0, 0.1) is 10.8 Å². The number of fused-ring (bicyclic) bond motifs is 1. The lowest BCUT2D eigenvalue weighted by Crippen LogP contribution is -2.59. The molecule has 3 aliphatic rings. The second-order valence-electron chi connectivity index (χ2n) is 20.1. The van der Waals surface area contributed by atoms with Crippen LogP contribution in [-0.2, 0) is 35.2 Å². The Hall–Kier alpha value is -5.88. The number of carbonyl (C=O) groups excluding carboxylic acids is 8. The Bertz CT molecular complexity index is 2150. The van der Waals surface area contributed by atoms with Crippen LogP contribution < -0.4 is 43.0 Å². The molecule has 18 nitrogen and oxygen atoms in total. The predicted octanol–water partition coefficient (Wildman–Crippen LogP) is 1.04. The first kappa shape index (κ1) is 51.1. The maximum atomic E-state index is 14.5. The van der Waals surface area contributed by atoms with Gasteiger partial charge in [0, 0.05) is 36.3 Å². The summed E-state index contributed by atoms with van der Waals surface area (Å²) in [6.07, 6.45) is 2.73. The van der Waals surface area contributed by atoms with Gasteiger partial charge in [-0.05, 0) is 106 Å². The van der Waals surface area contributed by atoms with Gasteiger partial charge in [-0.1, -0.05) is 65.8 Å². The summed E-state index contributed by atoms with van der Waals surface area (Å²) < 4.78 is 0. The molecule has 8 amide bonds. The molecular formula is C48H70N10O8. The van der Waals surface area contributed by atoms with Gasteiger partial charge in [0.05, 0.1) is 18.1 Å². The van der Waals surface area contributed by atoms with Gasteiger partial charge in [-0.3, -0.25) is 38.4 Å². The number of rotatable bonds is 15. The van der Waals surface area contributed by atoms with Crippen LogP contribution in [0.5, 0.6) is 0 Å². The standard InChI is InChI=1S/C48H70N10O8/c1-26(50-9)40(60)55-37(47(3,4)5)45(65)57-24-31(22-35(57)39(49)59)52-42(62)29-18-20-30(21-19-29)43(63)53-32-23-36(44(64)54-34-17-13-15-28-14-11-12-16-33(28)34)58(25-32)46(66)38(48(6,7)8)56-41(61)27(2)51-10/h11-12,14,16,18-21,26-27,31-32,34-38,50-51H,13,15,17,22-25H2,1-10H3,(H2,49,59)(H,52,62)(H,53,63)(H,54,64)(H,55,60)(H,56,61)/t26-,27-,31-,32-,34?,35-,36-,37+,38+/m0/s1. The number of nitrogens with one attached hydrogen (secondary N) is 7. The van der Waals surface area contributed by atoms with Crippen molar-refractivity contribution in [3.8, 4) is 0 Å². The summed E-state index contributed by atoms with van der Waals surface area (Å²) in [5.74, 6) is -3.76. The van der Waals surface area contributed by atoms with E-state index in [-0.39, 0.29) is 60.8 Å². The third kappa shape index (κ3) is 12.1. The van der Waals surface area contributed by atoms with Gasteiger partial charge in [-0.2, -0.15) is 0 Å². The number of aryl methyl sites for hydroxylation is 1. The maximum Gasteiger partial charge on any atom is 0.251 e. The molecule has 66 heavy (non-hydrogen) atoms. The third-order valence-corrected chi connectivity index (χ3v) is 13.0. The van der Waals surface area contributed by atoms with E-state index in [1.807, 2.05) is 39.0 Å². The van der Waals surface area contributed by atoms with Gasteiger partial charge in [-0.25, -0.2) is 0 Å². The Morgan fingerprint density at radius 1 is 0.636 bits per heavy atom. The van der Waals surface area contributed by atoms with Gasteiger partial charge in [0.1, 0.15) is 24.2 Å². The van der Waals surface area contributed by atoms with Crippen LogP contribution in [0.25, 0.3) is 0 Å². The number of likely N-dealkylation sites (tertiary alicyclic amines) is 2. The Morgan fingerprint density at radius 3 is 1.52 bits per heavy atom. The second kappa shape index (κ2) is 21.2. The number of likely N-dealkylation sites (N-methyl/N-ethyl adjacent to an activating group) is 2. The zero-order valence-electron chi connectivity index (χ0n) is 40.0. The van der Waals surface area contributed by atoms with Crippen molar-refractivity contribution >= 4 is 47.3 Å². The van der Waals surface area contributed by atoms with Crippen molar-refractivity contribution in [3.05, 3.63) is 70.8 Å². The first-order valence-electron chi connectivity index (χ1n) is 22.9. The molecule has 0 aromatic heterocycles. The van der Waals surface area contributed by atoms with Gasteiger partial charge >= 0.3 is 0 Å². The van der Waals surface area contributed by atoms with E-state index in [0.717, 1.165) is 30.4 Å². The van der Waals surface area contributed by atoms with E-state index in [4.69, 9.17) is 5.73 Å². The highest BCUT2D eigenvalue weighted by molar-refractivity contribution is 5.99. The molecule has 5 rings (SSSR count). The van der Waals surface area contributed by atoms with Crippen LogP contribution in [0.1, 0.15) is 119 Å². The van der Waals surface area contributed by atoms with E-state index >= 15 is 0 Å². The second-order valence-corrected chi connectivity index (χ2v) is 20.1. The largest absolute Gasteiger partial charge is 0.368 e. The molecule has 2 heterocycles. The lowest BCUT2D eigenvalue weighted by molar-refractivity contribution is -0.144. The minimum Gasteiger partial charge on any atom is -0.368 e. The molecule has 0 bridgehead atoms. The van der Waals surface area contributed by atoms with Gasteiger partial charge in [0.25, 0.3) is 11.8 Å². The first-order chi connectivity index (χ1) is 30.9. The molecule has 2 fully saturated rings. The molecule has 2 saturated heterocycles. The molecule has 1 unspecified atom stereocenters. The van der Waals surface area contributed by atoms with Crippen molar-refractivity contribution in [2.45, 2.75) is 142 Å². The van der Waals surface area contributed by atoms with Crippen molar-refractivity contribution < 1.29 is 38.4 Å². The van der Waals surface area contributed by atoms with Crippen molar-refractivity contribution in [1.82, 2.24) is 47.0 Å². The van der Waals surface area contributed by atoms with E-state index in [9.17, 15) is 38.4 Å². The van der Waals surface area contributed by atoms with Crippen LogP contribution in [0.2, 0.25) is 0 Å². The highest BCUT2D eigenvalue weighted by atomic mass is 16.2. The van der Waals surface area contributed by atoms with E-state index < -0.39 is 88.7 Å². The summed E-state index contributed by atoms with van der Waals surface area (Å²) in [5.41, 5.74) is 6.94. The monoisotopic (exact) mass is 915 g/mol. The number of nitrogens with two attached hydrogens (primary N) is 1. The van der Waals surface area contributed by atoms with Crippen molar-refractivity contribution in [2.75, 3.05) is 27.2 Å². The van der Waals surface area contributed by atoms with E-state index in [1.54, 1.807) is 48.7 Å². The van der Waals surface area contributed by atoms with Crippen molar-refractivity contribution in [1.29, 1.82) is 0 Å². The molecule has 2 aliphatic heterocycles. The quantitative estimate of drug-likeness (QED) is 0.126. The fourth-order valence-corrected chi connectivity index (χ4v) is 8.79. The number of amides is 8. The zero-order chi connectivity index (χ0) is 48.8. The van der Waals surface area contributed by atoms with Gasteiger partial charge in [0.15, 0.2) is 0 Å². The molecule has 360 valence electrons. The molecular weight excluding hydrogens is 845 g/mol. The molecule has 0 spiro atoms. The smallest absolute Gasteiger partial charge is 0.251 e. The van der Waals surface area contributed by atoms with E-state index in [2.05, 4.69) is 43.3 Å². The molecule has 9 N–H and O–H groups in total. The number of hydrogen-bond donors (Lipinski definition) is 8. The normalized spacial score (nSPS) is 22.5. The lowest BCUT2D eigenvalue weighted by atomic mass is 9.85. The zero-order valence-corrected chi connectivity index (χ0v) is 40.0.